The van der Waals surface area contributed by atoms with Crippen LogP contribution in [0.3, 0.4) is 0 Å². The first-order chi connectivity index (χ1) is 24.0. The van der Waals surface area contributed by atoms with Crippen molar-refractivity contribution >= 4 is 11.9 Å². The van der Waals surface area contributed by atoms with E-state index in [9.17, 15) is 9.59 Å². The number of rotatable bonds is 15. The molecule has 0 amide bonds. The van der Waals surface area contributed by atoms with Gasteiger partial charge in [-0.25, -0.2) is 0 Å². The summed E-state index contributed by atoms with van der Waals surface area (Å²) in [6.07, 6.45) is 34.5. The van der Waals surface area contributed by atoms with Gasteiger partial charge >= 0.3 is 11.9 Å². The summed E-state index contributed by atoms with van der Waals surface area (Å²) < 4.78 is 10.2. The minimum atomic E-state index is -0.163. The third-order valence-corrected chi connectivity index (χ3v) is 9.59. The predicted octanol–water partition coefficient (Wildman–Crippen LogP) is 13.3. The van der Waals surface area contributed by atoms with Crippen LogP contribution in [0.25, 0.3) is 0 Å². The summed E-state index contributed by atoms with van der Waals surface area (Å²) in [4.78, 5) is 22.4. The van der Waals surface area contributed by atoms with Gasteiger partial charge in [-0.15, -0.1) is 0 Å². The summed E-state index contributed by atoms with van der Waals surface area (Å²) >= 11 is 0. The van der Waals surface area contributed by atoms with E-state index in [1.54, 1.807) is 6.92 Å². The van der Waals surface area contributed by atoms with Gasteiger partial charge in [-0.3, -0.25) is 9.59 Å². The standard InChI is InChI=1S/C24H36O2.C23H34O2/c1-7-10-23(25)26-18-16-20(3)12-8-11-19(2)14-15-22-21(4)13-9-17-24(22,5)6;1-7-22(24)25-17-15-19(3)11-8-10-18(2)13-14-21-20(4)12-9-16-23(21,5)6/h8,11-12,14-16H,7,9-10,13,17-18H2,1-6H3;8,10-11,13-15H,7,9,12,16-17H2,1-6H3. The van der Waals surface area contributed by atoms with E-state index in [-0.39, 0.29) is 22.8 Å². The van der Waals surface area contributed by atoms with Crippen LogP contribution >= 0.6 is 0 Å². The maximum atomic E-state index is 11.3. The molecule has 0 bridgehead atoms. The number of carbonyl (C=O) groups excluding carboxylic acids is 2. The topological polar surface area (TPSA) is 52.6 Å². The number of esters is 2. The van der Waals surface area contributed by atoms with E-state index >= 15 is 0 Å². The first-order valence-corrected chi connectivity index (χ1v) is 19.1. The summed E-state index contributed by atoms with van der Waals surface area (Å²) in [7, 11) is 0. The van der Waals surface area contributed by atoms with Gasteiger partial charge in [0.25, 0.3) is 0 Å². The molecular formula is C47H70O4. The Hall–Kier alpha value is -3.66. The van der Waals surface area contributed by atoms with Gasteiger partial charge in [0.15, 0.2) is 0 Å². The van der Waals surface area contributed by atoms with Crippen molar-refractivity contribution in [3.63, 3.8) is 0 Å². The van der Waals surface area contributed by atoms with Crippen molar-refractivity contribution in [2.75, 3.05) is 13.2 Å². The van der Waals surface area contributed by atoms with Crippen molar-refractivity contribution < 1.29 is 19.1 Å². The van der Waals surface area contributed by atoms with Crippen LogP contribution in [0.1, 0.15) is 141 Å². The number of allylic oxidation sites excluding steroid dienone is 18. The molecule has 0 fully saturated rings. The van der Waals surface area contributed by atoms with Gasteiger partial charge < -0.3 is 9.47 Å². The van der Waals surface area contributed by atoms with Crippen molar-refractivity contribution in [1.82, 2.24) is 0 Å². The normalized spacial score (nSPS) is 19.0. The van der Waals surface area contributed by atoms with E-state index in [1.807, 2.05) is 57.2 Å². The van der Waals surface area contributed by atoms with Crippen LogP contribution in [0.2, 0.25) is 0 Å². The zero-order chi connectivity index (χ0) is 38.5. The lowest BCUT2D eigenvalue weighted by molar-refractivity contribution is -0.143. The Morgan fingerprint density at radius 2 is 1.04 bits per heavy atom. The second-order valence-electron chi connectivity index (χ2n) is 15.4. The second kappa shape index (κ2) is 23.7. The van der Waals surface area contributed by atoms with Gasteiger partial charge in [0, 0.05) is 12.8 Å². The van der Waals surface area contributed by atoms with Crippen molar-refractivity contribution in [3.05, 3.63) is 117 Å². The molecule has 282 valence electrons. The average Bonchev–Trinajstić information content (AvgIpc) is 3.04. The summed E-state index contributed by atoms with van der Waals surface area (Å²) in [6, 6.07) is 0. The smallest absolute Gasteiger partial charge is 0.306 e. The fourth-order valence-corrected chi connectivity index (χ4v) is 6.31. The van der Waals surface area contributed by atoms with Crippen LogP contribution in [0, 0.1) is 10.8 Å². The fourth-order valence-electron chi connectivity index (χ4n) is 6.31. The summed E-state index contributed by atoms with van der Waals surface area (Å²) in [5.74, 6) is -0.291. The van der Waals surface area contributed by atoms with E-state index in [2.05, 4.69) is 91.8 Å². The Morgan fingerprint density at radius 1 is 0.627 bits per heavy atom. The SMILES string of the molecule is CCC(=O)OCC=C(C)C=CC=C(C)C=CC1=C(C)CCCC1(C)C.CCCC(=O)OCC=C(C)C=CC=C(C)C=CC1=C(C)CCCC1(C)C. The number of ether oxygens (including phenoxy) is 2. The second-order valence-corrected chi connectivity index (χ2v) is 15.4. The summed E-state index contributed by atoms with van der Waals surface area (Å²) in [5, 5.41) is 0. The molecule has 2 aliphatic rings. The first kappa shape index (κ1) is 45.4. The Labute approximate surface area is 312 Å². The van der Waals surface area contributed by atoms with Crippen LogP contribution in [0.5, 0.6) is 0 Å². The zero-order valence-electron chi connectivity index (χ0n) is 34.3. The minimum Gasteiger partial charge on any atom is -0.461 e. The first-order valence-electron chi connectivity index (χ1n) is 19.1. The summed E-state index contributed by atoms with van der Waals surface area (Å²) in [5.41, 5.74) is 11.2. The molecule has 0 spiro atoms. The molecule has 0 radical (unpaired) electrons. The number of hydrogen-bond donors (Lipinski definition) is 0. The fraction of sp³-hybridized carbons (Fsp3) is 0.532. The molecule has 0 N–H and O–H groups in total. The molecule has 0 saturated carbocycles. The highest BCUT2D eigenvalue weighted by atomic mass is 16.5. The van der Waals surface area contributed by atoms with E-state index in [1.165, 1.54) is 72.0 Å². The molecule has 51 heavy (non-hydrogen) atoms. The molecule has 4 nitrogen and oxygen atoms in total. The van der Waals surface area contributed by atoms with Gasteiger partial charge in [0.1, 0.15) is 13.2 Å². The van der Waals surface area contributed by atoms with E-state index < -0.39 is 0 Å². The molecule has 0 aromatic heterocycles. The van der Waals surface area contributed by atoms with Gasteiger partial charge in [0.05, 0.1) is 0 Å². The van der Waals surface area contributed by atoms with Crippen molar-refractivity contribution in [1.29, 1.82) is 0 Å². The van der Waals surface area contributed by atoms with Crippen LogP contribution < -0.4 is 0 Å². The Morgan fingerprint density at radius 3 is 1.41 bits per heavy atom. The predicted molar refractivity (Wildman–Crippen MR) is 219 cm³/mol. The third kappa shape index (κ3) is 18.9. The van der Waals surface area contributed by atoms with Crippen molar-refractivity contribution in [3.8, 4) is 0 Å². The molecule has 0 aliphatic heterocycles. The Kier molecular flexibility index (Phi) is 21.1. The lowest BCUT2D eigenvalue weighted by Crippen LogP contribution is -2.19. The largest absolute Gasteiger partial charge is 0.461 e. The zero-order valence-corrected chi connectivity index (χ0v) is 34.3. The maximum Gasteiger partial charge on any atom is 0.306 e. The van der Waals surface area contributed by atoms with Crippen molar-refractivity contribution in [2.24, 2.45) is 10.8 Å². The molecule has 0 heterocycles. The highest BCUT2D eigenvalue weighted by molar-refractivity contribution is 5.69. The lowest BCUT2D eigenvalue weighted by Gasteiger charge is -2.33. The molecule has 0 saturated heterocycles. The van der Waals surface area contributed by atoms with Crippen LogP contribution in [-0.2, 0) is 19.1 Å². The van der Waals surface area contributed by atoms with E-state index in [0.717, 1.165) is 17.6 Å². The molecule has 0 aromatic carbocycles. The lowest BCUT2D eigenvalue weighted by atomic mass is 9.72. The van der Waals surface area contributed by atoms with Crippen molar-refractivity contribution in [2.45, 2.75) is 141 Å². The molecule has 0 unspecified atom stereocenters. The highest BCUT2D eigenvalue weighted by Crippen LogP contribution is 2.41. The van der Waals surface area contributed by atoms with Crippen LogP contribution in [-0.4, -0.2) is 25.2 Å². The summed E-state index contributed by atoms with van der Waals surface area (Å²) in [6.45, 7) is 26.6. The maximum absolute atomic E-state index is 11.3. The van der Waals surface area contributed by atoms with E-state index in [4.69, 9.17) is 9.47 Å². The molecule has 2 rings (SSSR count). The molecule has 4 heteroatoms. The highest BCUT2D eigenvalue weighted by Gasteiger charge is 2.27. The monoisotopic (exact) mass is 699 g/mol. The van der Waals surface area contributed by atoms with Crippen LogP contribution in [0.15, 0.2) is 117 Å². The average molecular weight is 699 g/mol. The number of carbonyl (C=O) groups is 2. The minimum absolute atomic E-state index is 0.128. The van der Waals surface area contributed by atoms with E-state index in [0.29, 0.717) is 26.1 Å². The Balaban J connectivity index is 0.000000510. The van der Waals surface area contributed by atoms with Gasteiger partial charge in [-0.2, -0.15) is 0 Å². The molecular weight excluding hydrogens is 629 g/mol. The molecule has 0 atom stereocenters. The third-order valence-electron chi connectivity index (χ3n) is 9.59. The quantitative estimate of drug-likeness (QED) is 0.126. The van der Waals surface area contributed by atoms with Gasteiger partial charge in [0.2, 0.25) is 0 Å². The number of hydrogen-bond acceptors (Lipinski definition) is 4. The van der Waals surface area contributed by atoms with Gasteiger partial charge in [-0.1, -0.05) is 136 Å². The Bertz CT molecular complexity index is 1460. The van der Waals surface area contributed by atoms with Crippen LogP contribution in [0.4, 0.5) is 0 Å². The van der Waals surface area contributed by atoms with Gasteiger partial charge in [-0.05, 0) is 121 Å². The molecule has 2 aliphatic carbocycles. The molecule has 0 aromatic rings.